The maximum Gasteiger partial charge on any atom is 0.147 e. The van der Waals surface area contributed by atoms with Crippen LogP contribution in [0.3, 0.4) is 0 Å². The molecule has 2 bridgehead atoms. The van der Waals surface area contributed by atoms with Gasteiger partial charge in [-0.2, -0.15) is 0 Å². The van der Waals surface area contributed by atoms with E-state index in [0.717, 1.165) is 6.42 Å². The number of piperidine rings is 1. The van der Waals surface area contributed by atoms with Crippen LogP contribution in [0.2, 0.25) is 0 Å². The molecule has 12 heavy (non-hydrogen) atoms. The Morgan fingerprint density at radius 2 is 2.17 bits per heavy atom. The summed E-state index contributed by atoms with van der Waals surface area (Å²) in [5, 5.41) is 12.4. The number of rotatable bonds is 1. The van der Waals surface area contributed by atoms with Crippen molar-refractivity contribution in [2.24, 2.45) is 5.92 Å². The number of aliphatic hydroxyl groups is 1. The van der Waals surface area contributed by atoms with Crippen molar-refractivity contribution in [3.05, 3.63) is 0 Å². The minimum Gasteiger partial charge on any atom is -0.395 e. The second-order valence-corrected chi connectivity index (χ2v) is 3.84. The van der Waals surface area contributed by atoms with Crippen LogP contribution in [0.1, 0.15) is 6.42 Å². The van der Waals surface area contributed by atoms with Crippen molar-refractivity contribution in [2.45, 2.75) is 30.7 Å². The summed E-state index contributed by atoms with van der Waals surface area (Å²) < 4.78 is 10.9. The monoisotopic (exact) mass is 171 g/mol. The third-order valence-corrected chi connectivity index (χ3v) is 3.33. The van der Waals surface area contributed by atoms with Gasteiger partial charge in [0.2, 0.25) is 0 Å². The Hall–Kier alpha value is -0.160. The number of ether oxygens (including phenoxy) is 2. The fraction of sp³-hybridized carbons (Fsp3) is 1.00. The second-order valence-electron chi connectivity index (χ2n) is 3.84. The number of aliphatic hydroxyl groups excluding tert-OH is 1. The molecular weight excluding hydrogens is 158 g/mol. The molecule has 2 heterocycles. The third-order valence-electron chi connectivity index (χ3n) is 3.33. The van der Waals surface area contributed by atoms with Crippen LogP contribution < -0.4 is 5.32 Å². The summed E-state index contributed by atoms with van der Waals surface area (Å²) >= 11 is 0. The molecule has 1 aliphatic carbocycles. The molecular formula is C8H13NO3. The maximum atomic E-state index is 9.05. The predicted molar refractivity (Wildman–Crippen MR) is 40.5 cm³/mol. The van der Waals surface area contributed by atoms with Crippen molar-refractivity contribution < 1.29 is 14.6 Å². The van der Waals surface area contributed by atoms with Crippen molar-refractivity contribution in [1.82, 2.24) is 5.32 Å². The normalized spacial score (nSPS) is 56.2. The minimum absolute atomic E-state index is 0.216. The summed E-state index contributed by atoms with van der Waals surface area (Å²) in [4.78, 5) is 0. The van der Waals surface area contributed by atoms with Gasteiger partial charge in [0.05, 0.1) is 12.7 Å². The van der Waals surface area contributed by atoms with Gasteiger partial charge in [-0.05, 0) is 6.42 Å². The van der Waals surface area contributed by atoms with Gasteiger partial charge in [0.15, 0.2) is 0 Å². The molecule has 0 aromatic carbocycles. The predicted octanol–water partition coefficient (Wildman–Crippen LogP) is -0.919. The van der Waals surface area contributed by atoms with Crippen molar-refractivity contribution in [3.63, 3.8) is 0 Å². The first-order chi connectivity index (χ1) is 5.90. The molecule has 2 aliphatic heterocycles. The van der Waals surface area contributed by atoms with E-state index in [4.69, 9.17) is 14.6 Å². The highest BCUT2D eigenvalue weighted by Crippen LogP contribution is 2.41. The van der Waals surface area contributed by atoms with Gasteiger partial charge in [-0.15, -0.1) is 0 Å². The molecule has 0 aromatic rings. The standard InChI is InChI=1S/C8H13NO3/c10-2-6-4-1-5(9-6)8-7(4)11-3-12-8/h4-10H,1-3H2. The lowest BCUT2D eigenvalue weighted by Gasteiger charge is -2.28. The largest absolute Gasteiger partial charge is 0.395 e. The number of hydrogen-bond donors (Lipinski definition) is 2. The number of nitrogens with one attached hydrogen (secondary N) is 1. The Bertz CT molecular complexity index is 197. The summed E-state index contributed by atoms with van der Waals surface area (Å²) in [7, 11) is 0. The molecule has 4 nitrogen and oxygen atoms in total. The Kier molecular flexibility index (Phi) is 1.46. The van der Waals surface area contributed by atoms with Gasteiger partial charge in [0, 0.05) is 18.0 Å². The van der Waals surface area contributed by atoms with E-state index in [-0.39, 0.29) is 24.9 Å². The molecule has 5 atom stereocenters. The van der Waals surface area contributed by atoms with Crippen molar-refractivity contribution >= 4 is 0 Å². The molecule has 68 valence electrons. The Morgan fingerprint density at radius 1 is 1.33 bits per heavy atom. The van der Waals surface area contributed by atoms with Gasteiger partial charge in [0.25, 0.3) is 0 Å². The van der Waals surface area contributed by atoms with Crippen LogP contribution >= 0.6 is 0 Å². The fourth-order valence-electron chi connectivity index (χ4n) is 2.80. The van der Waals surface area contributed by atoms with Gasteiger partial charge >= 0.3 is 0 Å². The Morgan fingerprint density at radius 3 is 3.00 bits per heavy atom. The highest BCUT2D eigenvalue weighted by molar-refractivity contribution is 5.09. The molecule has 2 saturated heterocycles. The molecule has 5 unspecified atom stereocenters. The Labute approximate surface area is 70.8 Å². The molecule has 4 heteroatoms. The zero-order valence-electron chi connectivity index (χ0n) is 6.77. The molecule has 3 rings (SSSR count). The van der Waals surface area contributed by atoms with Gasteiger partial charge in [-0.1, -0.05) is 0 Å². The van der Waals surface area contributed by atoms with Crippen LogP contribution in [-0.4, -0.2) is 42.8 Å². The zero-order valence-corrected chi connectivity index (χ0v) is 6.77. The SMILES string of the molecule is OCC1NC2CC1C1OCOC21. The average molecular weight is 171 g/mol. The highest BCUT2D eigenvalue weighted by Gasteiger charge is 2.55. The molecule has 0 amide bonds. The lowest BCUT2D eigenvalue weighted by molar-refractivity contribution is 0.0188. The van der Waals surface area contributed by atoms with Gasteiger partial charge < -0.3 is 19.9 Å². The molecule has 0 aromatic heterocycles. The van der Waals surface area contributed by atoms with E-state index in [0.29, 0.717) is 18.8 Å². The highest BCUT2D eigenvalue weighted by atomic mass is 16.7. The lowest BCUT2D eigenvalue weighted by atomic mass is 9.97. The molecule has 3 fully saturated rings. The van der Waals surface area contributed by atoms with Crippen LogP contribution in [0.25, 0.3) is 0 Å². The van der Waals surface area contributed by atoms with Crippen LogP contribution in [-0.2, 0) is 9.47 Å². The fourth-order valence-corrected chi connectivity index (χ4v) is 2.80. The van der Waals surface area contributed by atoms with Gasteiger partial charge in [0.1, 0.15) is 12.9 Å². The number of hydrogen-bond acceptors (Lipinski definition) is 4. The van der Waals surface area contributed by atoms with E-state index in [1.165, 1.54) is 0 Å². The quantitative estimate of drug-likeness (QED) is 0.536. The third kappa shape index (κ3) is 0.758. The summed E-state index contributed by atoms with van der Waals surface area (Å²) in [6, 6.07) is 0.651. The van der Waals surface area contributed by atoms with Crippen LogP contribution in [0.4, 0.5) is 0 Å². The van der Waals surface area contributed by atoms with Crippen LogP contribution in [0.5, 0.6) is 0 Å². The van der Waals surface area contributed by atoms with E-state index in [1.54, 1.807) is 0 Å². The van der Waals surface area contributed by atoms with Crippen molar-refractivity contribution in [1.29, 1.82) is 0 Å². The van der Waals surface area contributed by atoms with Crippen molar-refractivity contribution in [2.75, 3.05) is 13.4 Å². The molecule has 0 spiro atoms. The van der Waals surface area contributed by atoms with E-state index < -0.39 is 0 Å². The molecule has 0 radical (unpaired) electrons. The van der Waals surface area contributed by atoms with Crippen LogP contribution in [0, 0.1) is 5.92 Å². The first kappa shape index (κ1) is 7.26. The smallest absolute Gasteiger partial charge is 0.147 e. The topological polar surface area (TPSA) is 50.7 Å². The van der Waals surface area contributed by atoms with Gasteiger partial charge in [-0.3, -0.25) is 0 Å². The average Bonchev–Trinajstić information content (AvgIpc) is 2.75. The van der Waals surface area contributed by atoms with E-state index in [2.05, 4.69) is 5.32 Å². The van der Waals surface area contributed by atoms with E-state index in [1.807, 2.05) is 0 Å². The van der Waals surface area contributed by atoms with E-state index >= 15 is 0 Å². The Balaban J connectivity index is 1.83. The summed E-state index contributed by atoms with van der Waals surface area (Å²) in [5.41, 5.74) is 0. The second kappa shape index (κ2) is 2.42. The maximum absolute atomic E-state index is 9.05. The number of fused-ring (bicyclic) bond motifs is 5. The first-order valence-electron chi connectivity index (χ1n) is 4.50. The molecule has 1 saturated carbocycles. The van der Waals surface area contributed by atoms with Crippen molar-refractivity contribution in [3.8, 4) is 0 Å². The summed E-state index contributed by atoms with van der Waals surface area (Å²) in [6.45, 7) is 0.649. The molecule has 2 N–H and O–H groups in total. The van der Waals surface area contributed by atoms with Crippen LogP contribution in [0.15, 0.2) is 0 Å². The summed E-state index contributed by atoms with van der Waals surface area (Å²) in [6.07, 6.45) is 1.59. The van der Waals surface area contributed by atoms with Gasteiger partial charge in [-0.25, -0.2) is 0 Å². The first-order valence-corrected chi connectivity index (χ1v) is 4.50. The summed E-state index contributed by atoms with van der Waals surface area (Å²) in [5.74, 6) is 0.465. The molecule has 3 aliphatic rings. The zero-order chi connectivity index (χ0) is 8.13. The lowest BCUT2D eigenvalue weighted by Crippen LogP contribution is -2.51. The minimum atomic E-state index is 0.216. The van der Waals surface area contributed by atoms with E-state index in [9.17, 15) is 0 Å².